The molecule has 66 valence electrons. The highest BCUT2D eigenvalue weighted by atomic mass is 79.9. The molecule has 1 nitrogen and oxygen atoms in total. The van der Waals surface area contributed by atoms with Crippen molar-refractivity contribution >= 4 is 15.9 Å². The highest BCUT2D eigenvalue weighted by Crippen LogP contribution is 2.30. The van der Waals surface area contributed by atoms with Crippen LogP contribution in [0.25, 0.3) is 0 Å². The molecule has 1 aromatic carbocycles. The van der Waals surface area contributed by atoms with E-state index in [-0.39, 0.29) is 10.6 Å². The molecule has 3 heteroatoms. The fourth-order valence-electron chi connectivity index (χ4n) is 1.01. The van der Waals surface area contributed by atoms with E-state index in [4.69, 9.17) is 4.74 Å². The first kappa shape index (κ1) is 9.52. The molecule has 0 radical (unpaired) electrons. The Morgan fingerprint density at radius 3 is 2.67 bits per heavy atom. The second-order valence-corrected chi connectivity index (χ2v) is 3.88. The van der Waals surface area contributed by atoms with Crippen LogP contribution in [0.3, 0.4) is 0 Å². The van der Waals surface area contributed by atoms with Crippen LogP contribution in [0.5, 0.6) is 5.75 Å². The molecule has 1 unspecified atom stereocenters. The molecular formula is C9H10BrFO. The Labute approximate surface area is 79.7 Å². The molecule has 12 heavy (non-hydrogen) atoms. The smallest absolute Gasteiger partial charge is 0.126 e. The maximum absolute atomic E-state index is 12.7. The van der Waals surface area contributed by atoms with Crippen LogP contribution in [-0.2, 0) is 0 Å². The Morgan fingerprint density at radius 2 is 2.17 bits per heavy atom. The Morgan fingerprint density at radius 1 is 1.50 bits per heavy atom. The van der Waals surface area contributed by atoms with Crippen molar-refractivity contribution in [2.75, 3.05) is 7.11 Å². The predicted octanol–water partition coefficient (Wildman–Crippen LogP) is 3.29. The van der Waals surface area contributed by atoms with Crippen molar-refractivity contribution in [1.82, 2.24) is 0 Å². The van der Waals surface area contributed by atoms with E-state index in [1.165, 1.54) is 19.2 Å². The number of rotatable bonds is 2. The van der Waals surface area contributed by atoms with Gasteiger partial charge in [-0.05, 0) is 13.0 Å². The van der Waals surface area contributed by atoms with Gasteiger partial charge in [0, 0.05) is 16.5 Å². The molecule has 0 N–H and O–H groups in total. The second-order valence-electron chi connectivity index (χ2n) is 2.50. The van der Waals surface area contributed by atoms with Gasteiger partial charge < -0.3 is 4.74 Å². The molecule has 0 heterocycles. The molecule has 0 spiro atoms. The van der Waals surface area contributed by atoms with E-state index >= 15 is 0 Å². The minimum atomic E-state index is -0.274. The highest BCUT2D eigenvalue weighted by Gasteiger charge is 2.08. The summed E-state index contributed by atoms with van der Waals surface area (Å²) in [6.07, 6.45) is 0. The number of methoxy groups -OCH3 is 1. The number of hydrogen-bond donors (Lipinski definition) is 0. The lowest BCUT2D eigenvalue weighted by atomic mass is 10.1. The lowest BCUT2D eigenvalue weighted by molar-refractivity contribution is 0.406. The van der Waals surface area contributed by atoms with Gasteiger partial charge in [0.25, 0.3) is 0 Å². The van der Waals surface area contributed by atoms with Crippen molar-refractivity contribution in [3.63, 3.8) is 0 Å². The maximum Gasteiger partial charge on any atom is 0.126 e. The Balaban J connectivity index is 3.11. The summed E-state index contributed by atoms with van der Waals surface area (Å²) in [4.78, 5) is 0.174. The quantitative estimate of drug-likeness (QED) is 0.712. The average molecular weight is 233 g/mol. The fourth-order valence-corrected chi connectivity index (χ4v) is 1.39. The van der Waals surface area contributed by atoms with Crippen molar-refractivity contribution < 1.29 is 9.13 Å². The van der Waals surface area contributed by atoms with E-state index in [9.17, 15) is 4.39 Å². The van der Waals surface area contributed by atoms with Gasteiger partial charge in [0.15, 0.2) is 0 Å². The zero-order valence-corrected chi connectivity index (χ0v) is 8.56. The molecule has 0 saturated heterocycles. The molecule has 0 fully saturated rings. The SMILES string of the molecule is COc1cc(F)ccc1C(C)Br. The highest BCUT2D eigenvalue weighted by molar-refractivity contribution is 9.09. The van der Waals surface area contributed by atoms with E-state index in [1.54, 1.807) is 6.07 Å². The van der Waals surface area contributed by atoms with Gasteiger partial charge in [-0.25, -0.2) is 4.39 Å². The van der Waals surface area contributed by atoms with Gasteiger partial charge in [-0.3, -0.25) is 0 Å². The van der Waals surface area contributed by atoms with Gasteiger partial charge in [0.2, 0.25) is 0 Å². The maximum atomic E-state index is 12.7. The largest absolute Gasteiger partial charge is 0.496 e. The van der Waals surface area contributed by atoms with Crippen molar-refractivity contribution in [2.24, 2.45) is 0 Å². The van der Waals surface area contributed by atoms with E-state index in [0.717, 1.165) is 5.56 Å². The molecule has 0 aromatic heterocycles. The summed E-state index contributed by atoms with van der Waals surface area (Å²) in [5, 5.41) is 0. The Kier molecular flexibility index (Phi) is 3.09. The number of alkyl halides is 1. The van der Waals surface area contributed by atoms with Gasteiger partial charge in [-0.1, -0.05) is 22.0 Å². The third-order valence-electron chi connectivity index (χ3n) is 1.62. The number of ether oxygens (including phenoxy) is 1. The number of benzene rings is 1. The van der Waals surface area contributed by atoms with Crippen molar-refractivity contribution in [2.45, 2.75) is 11.8 Å². The van der Waals surface area contributed by atoms with Crippen LogP contribution in [0.4, 0.5) is 4.39 Å². The molecule has 0 aliphatic rings. The Bertz CT molecular complexity index is 273. The number of halogens is 2. The van der Waals surface area contributed by atoms with E-state index < -0.39 is 0 Å². The van der Waals surface area contributed by atoms with Crippen molar-refractivity contribution in [1.29, 1.82) is 0 Å². The summed E-state index contributed by atoms with van der Waals surface area (Å²) < 4.78 is 17.7. The summed E-state index contributed by atoms with van der Waals surface area (Å²) >= 11 is 3.40. The Hall–Kier alpha value is -0.570. The normalized spacial score (nSPS) is 12.7. The second kappa shape index (κ2) is 3.90. The monoisotopic (exact) mass is 232 g/mol. The molecule has 1 atom stereocenters. The summed E-state index contributed by atoms with van der Waals surface area (Å²) in [5.74, 6) is 0.308. The van der Waals surface area contributed by atoms with Gasteiger partial charge in [-0.2, -0.15) is 0 Å². The third-order valence-corrected chi connectivity index (χ3v) is 2.12. The lowest BCUT2D eigenvalue weighted by Crippen LogP contribution is -1.92. The third kappa shape index (κ3) is 1.97. The molecule has 1 rings (SSSR count). The standard InChI is InChI=1S/C9H10BrFO/c1-6(10)8-4-3-7(11)5-9(8)12-2/h3-6H,1-2H3. The van der Waals surface area contributed by atoms with Gasteiger partial charge >= 0.3 is 0 Å². The lowest BCUT2D eigenvalue weighted by Gasteiger charge is -2.09. The van der Waals surface area contributed by atoms with Gasteiger partial charge in [-0.15, -0.1) is 0 Å². The fraction of sp³-hybridized carbons (Fsp3) is 0.333. The topological polar surface area (TPSA) is 9.23 Å². The van der Waals surface area contributed by atoms with Crippen LogP contribution < -0.4 is 4.74 Å². The summed E-state index contributed by atoms with van der Waals surface area (Å²) in [6, 6.07) is 4.52. The van der Waals surface area contributed by atoms with E-state index in [2.05, 4.69) is 15.9 Å². The number of hydrogen-bond acceptors (Lipinski definition) is 1. The molecule has 0 amide bonds. The minimum absolute atomic E-state index is 0.174. The first-order chi connectivity index (χ1) is 5.65. The summed E-state index contributed by atoms with van der Waals surface area (Å²) in [5.41, 5.74) is 0.957. The first-order valence-electron chi connectivity index (χ1n) is 3.62. The van der Waals surface area contributed by atoms with E-state index in [0.29, 0.717) is 5.75 Å². The first-order valence-corrected chi connectivity index (χ1v) is 4.54. The average Bonchev–Trinajstić information content (AvgIpc) is 2.03. The predicted molar refractivity (Wildman–Crippen MR) is 50.3 cm³/mol. The van der Waals surface area contributed by atoms with Gasteiger partial charge in [0.05, 0.1) is 7.11 Å². The molecule has 0 aliphatic heterocycles. The van der Waals surface area contributed by atoms with Crippen LogP contribution >= 0.6 is 15.9 Å². The molecular weight excluding hydrogens is 223 g/mol. The summed E-state index contributed by atoms with van der Waals surface area (Å²) in [7, 11) is 1.54. The van der Waals surface area contributed by atoms with Crippen molar-refractivity contribution in [3.05, 3.63) is 29.6 Å². The van der Waals surface area contributed by atoms with Gasteiger partial charge in [0.1, 0.15) is 11.6 Å². The molecule has 0 bridgehead atoms. The summed E-state index contributed by atoms with van der Waals surface area (Å²) in [6.45, 7) is 1.97. The van der Waals surface area contributed by atoms with Crippen LogP contribution in [0.15, 0.2) is 18.2 Å². The van der Waals surface area contributed by atoms with E-state index in [1.807, 2.05) is 6.92 Å². The molecule has 1 aromatic rings. The van der Waals surface area contributed by atoms with Crippen molar-refractivity contribution in [3.8, 4) is 5.75 Å². The van der Waals surface area contributed by atoms with Crippen LogP contribution in [0, 0.1) is 5.82 Å². The molecule has 0 aliphatic carbocycles. The molecule has 0 saturated carbocycles. The zero-order chi connectivity index (χ0) is 9.14. The van der Waals surface area contributed by atoms with Crippen LogP contribution in [0.1, 0.15) is 17.3 Å². The minimum Gasteiger partial charge on any atom is -0.496 e. The zero-order valence-electron chi connectivity index (χ0n) is 6.97. The van der Waals surface area contributed by atoms with Crippen LogP contribution in [-0.4, -0.2) is 7.11 Å². The van der Waals surface area contributed by atoms with Crippen LogP contribution in [0.2, 0.25) is 0 Å².